The Labute approximate surface area is 170 Å². The summed E-state index contributed by atoms with van der Waals surface area (Å²) in [5.41, 5.74) is 3.50. The van der Waals surface area contributed by atoms with Crippen molar-refractivity contribution in [2.24, 2.45) is 0 Å². The summed E-state index contributed by atoms with van der Waals surface area (Å²) < 4.78 is 5.46. The molecular formula is C22H16N4O4. The highest BCUT2D eigenvalue weighted by molar-refractivity contribution is 6.00. The van der Waals surface area contributed by atoms with Crippen molar-refractivity contribution in [3.63, 3.8) is 0 Å². The number of non-ortho nitro benzene ring substituents is 1. The molecule has 1 aliphatic heterocycles. The topological polar surface area (TPSA) is 105 Å². The molecule has 2 aromatic carbocycles. The van der Waals surface area contributed by atoms with E-state index >= 15 is 0 Å². The molecule has 30 heavy (non-hydrogen) atoms. The van der Waals surface area contributed by atoms with Gasteiger partial charge in [-0.15, -0.1) is 0 Å². The Balaban J connectivity index is 1.65. The van der Waals surface area contributed by atoms with E-state index < -0.39 is 11.0 Å². The smallest absolute Gasteiger partial charge is 0.273 e. The van der Waals surface area contributed by atoms with E-state index in [9.17, 15) is 14.9 Å². The average molecular weight is 400 g/mol. The fourth-order valence-electron chi connectivity index (χ4n) is 3.87. The van der Waals surface area contributed by atoms with Gasteiger partial charge in [-0.1, -0.05) is 30.3 Å². The van der Waals surface area contributed by atoms with Gasteiger partial charge in [0.05, 0.1) is 29.5 Å². The number of nitro groups is 1. The number of H-pyrrole nitrogens is 1. The molecule has 1 aliphatic rings. The van der Waals surface area contributed by atoms with Crippen molar-refractivity contribution in [2.45, 2.75) is 12.6 Å². The molecule has 0 saturated heterocycles. The number of aromatic nitrogens is 2. The Hall–Kier alpha value is -4.20. The molecule has 1 atom stereocenters. The van der Waals surface area contributed by atoms with Crippen LogP contribution < -0.4 is 0 Å². The number of aromatic amines is 1. The zero-order valence-corrected chi connectivity index (χ0v) is 15.7. The zero-order chi connectivity index (χ0) is 20.7. The molecule has 1 unspecified atom stereocenters. The third kappa shape index (κ3) is 2.86. The minimum atomic E-state index is -0.452. The van der Waals surface area contributed by atoms with Crippen molar-refractivity contribution in [1.82, 2.24) is 15.1 Å². The number of carbonyl (C=O) groups excluding carboxylic acids is 1. The van der Waals surface area contributed by atoms with Crippen LogP contribution in [0.2, 0.25) is 0 Å². The summed E-state index contributed by atoms with van der Waals surface area (Å²) in [6.07, 6.45) is 1.56. The van der Waals surface area contributed by atoms with Gasteiger partial charge in [0.1, 0.15) is 11.5 Å². The van der Waals surface area contributed by atoms with Crippen LogP contribution in [0.5, 0.6) is 0 Å². The third-order valence-electron chi connectivity index (χ3n) is 5.24. The van der Waals surface area contributed by atoms with Crippen LogP contribution in [0.3, 0.4) is 0 Å². The van der Waals surface area contributed by atoms with E-state index in [4.69, 9.17) is 4.42 Å². The Morgan fingerprint density at radius 2 is 1.83 bits per heavy atom. The van der Waals surface area contributed by atoms with Crippen LogP contribution in [-0.2, 0) is 6.54 Å². The van der Waals surface area contributed by atoms with Crippen LogP contribution in [0, 0.1) is 10.1 Å². The van der Waals surface area contributed by atoms with Gasteiger partial charge in [0.25, 0.3) is 11.6 Å². The van der Waals surface area contributed by atoms with Gasteiger partial charge in [-0.3, -0.25) is 20.0 Å². The third-order valence-corrected chi connectivity index (χ3v) is 5.24. The van der Waals surface area contributed by atoms with E-state index in [1.165, 1.54) is 12.1 Å². The Morgan fingerprint density at radius 1 is 1.07 bits per heavy atom. The van der Waals surface area contributed by atoms with Crippen LogP contribution in [0.25, 0.3) is 11.3 Å². The van der Waals surface area contributed by atoms with Crippen molar-refractivity contribution in [3.05, 3.63) is 106 Å². The number of nitro benzene ring substituents is 1. The second kappa shape index (κ2) is 7.00. The predicted molar refractivity (Wildman–Crippen MR) is 108 cm³/mol. The lowest BCUT2D eigenvalue weighted by Gasteiger charge is -2.25. The summed E-state index contributed by atoms with van der Waals surface area (Å²) in [4.78, 5) is 25.6. The standard InChI is InChI=1S/C22H16N4O4/c27-22-20-18(19(23-24-20)14-5-2-1-3-6-14)21(25(22)13-17-7-4-12-30-17)15-8-10-16(11-9-15)26(28)29/h1-12,21H,13H2,(H,23,24). The van der Waals surface area contributed by atoms with Gasteiger partial charge in [0, 0.05) is 23.3 Å². The molecule has 0 spiro atoms. The molecule has 0 bridgehead atoms. The lowest BCUT2D eigenvalue weighted by Crippen LogP contribution is -2.28. The summed E-state index contributed by atoms with van der Waals surface area (Å²) in [5, 5.41) is 18.4. The lowest BCUT2D eigenvalue weighted by molar-refractivity contribution is -0.384. The van der Waals surface area contributed by atoms with E-state index in [1.807, 2.05) is 36.4 Å². The quantitative estimate of drug-likeness (QED) is 0.397. The fraction of sp³-hybridized carbons (Fsp3) is 0.0909. The van der Waals surface area contributed by atoms with Gasteiger partial charge in [-0.2, -0.15) is 5.10 Å². The maximum Gasteiger partial charge on any atom is 0.273 e. The molecule has 1 amide bonds. The number of fused-ring (bicyclic) bond motifs is 1. The molecule has 0 saturated carbocycles. The molecule has 5 rings (SSSR count). The number of amides is 1. The maximum atomic E-state index is 13.2. The van der Waals surface area contributed by atoms with Gasteiger partial charge in [-0.25, -0.2) is 0 Å². The molecule has 1 N–H and O–H groups in total. The molecule has 4 aromatic rings. The van der Waals surface area contributed by atoms with Gasteiger partial charge in [0.2, 0.25) is 0 Å². The zero-order valence-electron chi connectivity index (χ0n) is 15.7. The summed E-state index contributed by atoms with van der Waals surface area (Å²) in [5.74, 6) is 0.453. The van der Waals surface area contributed by atoms with Crippen molar-refractivity contribution in [2.75, 3.05) is 0 Å². The van der Waals surface area contributed by atoms with E-state index in [1.54, 1.807) is 29.4 Å². The first-order valence-electron chi connectivity index (χ1n) is 9.35. The average Bonchev–Trinajstić information content (AvgIpc) is 3.49. The van der Waals surface area contributed by atoms with Crippen molar-refractivity contribution >= 4 is 11.6 Å². The first-order chi connectivity index (χ1) is 14.6. The fourth-order valence-corrected chi connectivity index (χ4v) is 3.87. The lowest BCUT2D eigenvalue weighted by atomic mass is 9.96. The minimum Gasteiger partial charge on any atom is -0.467 e. The number of benzene rings is 2. The van der Waals surface area contributed by atoms with Crippen LogP contribution in [-0.4, -0.2) is 25.9 Å². The summed E-state index contributed by atoms with van der Waals surface area (Å²) in [6.45, 7) is 0.268. The van der Waals surface area contributed by atoms with Gasteiger partial charge < -0.3 is 9.32 Å². The molecular weight excluding hydrogens is 384 g/mol. The summed E-state index contributed by atoms with van der Waals surface area (Å²) >= 11 is 0. The number of nitrogens with one attached hydrogen (secondary N) is 1. The number of hydrogen-bond donors (Lipinski definition) is 1. The Morgan fingerprint density at radius 3 is 2.50 bits per heavy atom. The van der Waals surface area contributed by atoms with Crippen LogP contribution in [0.1, 0.15) is 33.4 Å². The highest BCUT2D eigenvalue weighted by Gasteiger charge is 2.42. The Kier molecular flexibility index (Phi) is 4.17. The van der Waals surface area contributed by atoms with Gasteiger partial charge in [0.15, 0.2) is 0 Å². The largest absolute Gasteiger partial charge is 0.467 e. The monoisotopic (exact) mass is 400 g/mol. The molecule has 0 radical (unpaired) electrons. The molecule has 0 fully saturated rings. The minimum absolute atomic E-state index is 0.00337. The van der Waals surface area contributed by atoms with Crippen molar-refractivity contribution in [1.29, 1.82) is 0 Å². The normalized spacial score (nSPS) is 15.4. The van der Waals surface area contributed by atoms with Crippen molar-refractivity contribution < 1.29 is 14.1 Å². The van der Waals surface area contributed by atoms with E-state index in [2.05, 4.69) is 10.2 Å². The maximum absolute atomic E-state index is 13.2. The molecule has 8 heteroatoms. The van der Waals surface area contributed by atoms with Crippen LogP contribution >= 0.6 is 0 Å². The van der Waals surface area contributed by atoms with E-state index in [-0.39, 0.29) is 18.1 Å². The molecule has 3 heterocycles. The van der Waals surface area contributed by atoms with Crippen LogP contribution in [0.4, 0.5) is 5.69 Å². The molecule has 2 aromatic heterocycles. The number of rotatable bonds is 5. The molecule has 148 valence electrons. The second-order valence-corrected chi connectivity index (χ2v) is 6.99. The van der Waals surface area contributed by atoms with E-state index in [0.717, 1.165) is 16.7 Å². The first kappa shape index (κ1) is 17.9. The molecule has 0 aliphatic carbocycles. The predicted octanol–water partition coefficient (Wildman–Crippen LogP) is 4.32. The van der Waals surface area contributed by atoms with Crippen LogP contribution in [0.15, 0.2) is 77.4 Å². The summed E-state index contributed by atoms with van der Waals surface area (Å²) in [6, 6.07) is 19.0. The first-order valence-corrected chi connectivity index (χ1v) is 9.35. The number of carbonyl (C=O) groups is 1. The van der Waals surface area contributed by atoms with Gasteiger partial charge >= 0.3 is 0 Å². The SMILES string of the molecule is O=C1c2[nH]nc(-c3ccccc3)c2C(c2ccc([N+](=O)[O-])cc2)N1Cc1ccco1. The number of nitrogens with zero attached hydrogens (tertiary/aromatic N) is 3. The van der Waals surface area contributed by atoms with Crippen molar-refractivity contribution in [3.8, 4) is 11.3 Å². The molecule has 8 nitrogen and oxygen atoms in total. The summed E-state index contributed by atoms with van der Waals surface area (Å²) in [7, 11) is 0. The highest BCUT2D eigenvalue weighted by Crippen LogP contribution is 2.43. The van der Waals surface area contributed by atoms with E-state index in [0.29, 0.717) is 17.1 Å². The Bertz CT molecular complexity index is 1210. The second-order valence-electron chi connectivity index (χ2n) is 6.99. The number of hydrogen-bond acceptors (Lipinski definition) is 5. The van der Waals surface area contributed by atoms with Gasteiger partial charge in [-0.05, 0) is 29.8 Å². The highest BCUT2D eigenvalue weighted by atomic mass is 16.6. The number of furan rings is 1.